The van der Waals surface area contributed by atoms with E-state index >= 15 is 0 Å². The number of anilines is 2. The van der Waals surface area contributed by atoms with Gasteiger partial charge < -0.3 is 25.0 Å². The van der Waals surface area contributed by atoms with Crippen molar-refractivity contribution in [3.8, 4) is 0 Å². The molecule has 164 valence electrons. The molecular formula is C23H28N4O3S. The number of hydrogen-bond donors (Lipinski definition) is 2. The summed E-state index contributed by atoms with van der Waals surface area (Å²) in [7, 11) is 3.41. The molecule has 0 spiro atoms. The Labute approximate surface area is 185 Å². The largest absolute Gasteiger partial charge is 0.381 e. The van der Waals surface area contributed by atoms with E-state index in [9.17, 15) is 4.79 Å². The van der Waals surface area contributed by atoms with E-state index in [1.807, 2.05) is 6.92 Å². The highest BCUT2D eigenvalue weighted by atomic mass is 32.1. The maximum atomic E-state index is 12.6. The van der Waals surface area contributed by atoms with Gasteiger partial charge in [0.2, 0.25) is 0 Å². The number of rotatable bonds is 4. The molecule has 2 aliphatic heterocycles. The predicted octanol–water partition coefficient (Wildman–Crippen LogP) is 3.83. The Bertz CT molecular complexity index is 1120. The Balaban J connectivity index is 1.46. The lowest BCUT2D eigenvalue weighted by Crippen LogP contribution is -2.39. The summed E-state index contributed by atoms with van der Waals surface area (Å²) in [4.78, 5) is 20.7. The van der Waals surface area contributed by atoms with Gasteiger partial charge in [-0.25, -0.2) is 4.98 Å². The van der Waals surface area contributed by atoms with E-state index in [1.54, 1.807) is 25.6 Å². The molecule has 1 aromatic carbocycles. The third-order valence-corrected chi connectivity index (χ3v) is 7.54. The van der Waals surface area contributed by atoms with Crippen LogP contribution in [0.5, 0.6) is 0 Å². The van der Waals surface area contributed by atoms with E-state index in [4.69, 9.17) is 14.5 Å². The van der Waals surface area contributed by atoms with Gasteiger partial charge in [0, 0.05) is 61.3 Å². The molecule has 2 N–H and O–H groups in total. The van der Waals surface area contributed by atoms with Gasteiger partial charge >= 0.3 is 0 Å². The Hall–Kier alpha value is -2.42. The number of thiophene rings is 1. The lowest BCUT2D eigenvalue weighted by atomic mass is 9.96. The van der Waals surface area contributed by atoms with Gasteiger partial charge in [-0.1, -0.05) is 0 Å². The molecule has 0 radical (unpaired) electrons. The highest BCUT2D eigenvalue weighted by Gasteiger charge is 2.28. The Morgan fingerprint density at radius 3 is 2.68 bits per heavy atom. The number of amides is 1. The summed E-state index contributed by atoms with van der Waals surface area (Å²) in [5.74, 6) is 1.41. The summed E-state index contributed by atoms with van der Waals surface area (Å²) in [6.45, 7) is 4.59. The molecule has 1 saturated heterocycles. The van der Waals surface area contributed by atoms with E-state index in [2.05, 4.69) is 39.8 Å². The molecule has 3 aromatic rings. The first kappa shape index (κ1) is 20.5. The van der Waals surface area contributed by atoms with Gasteiger partial charge in [-0.3, -0.25) is 4.79 Å². The third-order valence-electron chi connectivity index (χ3n) is 6.39. The van der Waals surface area contributed by atoms with Crippen molar-refractivity contribution in [2.75, 3.05) is 44.1 Å². The molecule has 2 aromatic heterocycles. The number of pyridine rings is 1. The van der Waals surface area contributed by atoms with Gasteiger partial charge in [-0.15, -0.1) is 11.3 Å². The molecule has 1 fully saturated rings. The number of piperidine rings is 1. The molecule has 0 unspecified atom stereocenters. The third kappa shape index (κ3) is 3.62. The van der Waals surface area contributed by atoms with Crippen LogP contribution >= 0.6 is 11.3 Å². The van der Waals surface area contributed by atoms with Crippen LogP contribution in [0.1, 0.15) is 29.4 Å². The van der Waals surface area contributed by atoms with Gasteiger partial charge in [0.05, 0.1) is 11.2 Å². The smallest absolute Gasteiger partial charge is 0.263 e. The monoisotopic (exact) mass is 440 g/mol. The topological polar surface area (TPSA) is 75.7 Å². The van der Waals surface area contributed by atoms with Crippen LogP contribution < -0.4 is 15.5 Å². The molecule has 31 heavy (non-hydrogen) atoms. The first-order valence-electron chi connectivity index (χ1n) is 10.8. The lowest BCUT2D eigenvalue weighted by Gasteiger charge is -2.35. The maximum Gasteiger partial charge on any atom is 0.263 e. The summed E-state index contributed by atoms with van der Waals surface area (Å²) in [5, 5.41) is 8.72. The minimum Gasteiger partial charge on any atom is -0.381 e. The van der Waals surface area contributed by atoms with Crippen LogP contribution in [0.15, 0.2) is 24.3 Å². The van der Waals surface area contributed by atoms with Crippen LogP contribution in [0, 0.1) is 5.92 Å². The molecule has 7 nitrogen and oxygen atoms in total. The Morgan fingerprint density at radius 2 is 1.94 bits per heavy atom. The molecule has 8 heteroatoms. The fourth-order valence-electron chi connectivity index (χ4n) is 4.77. The zero-order valence-electron chi connectivity index (χ0n) is 18.1. The van der Waals surface area contributed by atoms with Crippen LogP contribution in [0.4, 0.5) is 11.5 Å². The van der Waals surface area contributed by atoms with Crippen molar-refractivity contribution in [2.45, 2.75) is 32.1 Å². The van der Waals surface area contributed by atoms with E-state index < -0.39 is 0 Å². The zero-order valence-corrected chi connectivity index (χ0v) is 18.9. The summed E-state index contributed by atoms with van der Waals surface area (Å²) in [6.07, 6.45) is 1.89. The van der Waals surface area contributed by atoms with Crippen LogP contribution in [0.2, 0.25) is 0 Å². The molecule has 0 aliphatic carbocycles. The number of carbonyl (C=O) groups excluding carboxylic acids is 1. The fourth-order valence-corrected chi connectivity index (χ4v) is 5.87. The molecule has 4 heterocycles. The lowest BCUT2D eigenvalue weighted by molar-refractivity contribution is -0.141. The number of benzene rings is 1. The van der Waals surface area contributed by atoms with Crippen molar-refractivity contribution in [1.29, 1.82) is 0 Å². The van der Waals surface area contributed by atoms with Gasteiger partial charge in [0.15, 0.2) is 6.29 Å². The quantitative estimate of drug-likeness (QED) is 0.601. The molecule has 1 atom stereocenters. The summed E-state index contributed by atoms with van der Waals surface area (Å²) >= 11 is 1.54. The van der Waals surface area contributed by atoms with Crippen molar-refractivity contribution >= 4 is 49.7 Å². The van der Waals surface area contributed by atoms with E-state index in [0.29, 0.717) is 12.5 Å². The van der Waals surface area contributed by atoms with Crippen LogP contribution in [0.3, 0.4) is 0 Å². The number of aromatic nitrogens is 1. The average Bonchev–Trinajstić information content (AvgIpc) is 3.11. The molecule has 5 rings (SSSR count). The Morgan fingerprint density at radius 1 is 1.16 bits per heavy atom. The minimum absolute atomic E-state index is 0.000257. The number of carbonyl (C=O) groups is 1. The summed E-state index contributed by atoms with van der Waals surface area (Å²) < 4.78 is 12.0. The van der Waals surface area contributed by atoms with Crippen molar-refractivity contribution < 1.29 is 14.3 Å². The van der Waals surface area contributed by atoms with E-state index in [-0.39, 0.29) is 18.2 Å². The first-order chi connectivity index (χ1) is 15.1. The molecule has 1 amide bonds. The van der Waals surface area contributed by atoms with Gasteiger partial charge in [0.25, 0.3) is 5.91 Å². The molecule has 0 bridgehead atoms. The van der Waals surface area contributed by atoms with Crippen LogP contribution in [0.25, 0.3) is 21.0 Å². The normalized spacial score (nSPS) is 20.1. The van der Waals surface area contributed by atoms with E-state index in [1.165, 1.54) is 0 Å². The number of ether oxygens (including phenoxy) is 2. The zero-order chi connectivity index (χ0) is 21.5. The van der Waals surface area contributed by atoms with Gasteiger partial charge in [-0.05, 0) is 44.0 Å². The fraction of sp³-hybridized carbons (Fsp3) is 0.478. The highest BCUT2D eigenvalue weighted by Crippen LogP contribution is 2.41. The second-order valence-corrected chi connectivity index (χ2v) is 9.45. The number of methoxy groups -OCH3 is 2. The second-order valence-electron chi connectivity index (χ2n) is 8.40. The summed E-state index contributed by atoms with van der Waals surface area (Å²) in [6, 6.07) is 8.51. The molecular weight excluding hydrogens is 412 g/mol. The molecule has 2 aliphatic rings. The summed E-state index contributed by atoms with van der Waals surface area (Å²) in [5.41, 5.74) is 1.90. The van der Waals surface area contributed by atoms with Crippen LogP contribution in [-0.4, -0.2) is 57.1 Å². The minimum atomic E-state index is -0.138. The van der Waals surface area contributed by atoms with E-state index in [0.717, 1.165) is 63.3 Å². The van der Waals surface area contributed by atoms with Crippen LogP contribution in [-0.2, 0) is 9.47 Å². The van der Waals surface area contributed by atoms with Gasteiger partial charge in [-0.2, -0.15) is 0 Å². The number of fused-ring (bicyclic) bond motifs is 5. The standard InChI is InChI=1S/C23H28N4O3S/c1-13-12-24-20-19-15-4-7-18(27-10-8-14(9-11-27)23(29-2)30-3)26-16(15)5-6-17(19)31-21(20)22(28)25-13/h4-7,13-14,23-24H,8-12H2,1-3H3,(H,25,28)/t13-/m1/s1. The SMILES string of the molecule is COC(OC)C1CCN(c2ccc3c(ccc4sc5c(c43)NC[C@@H](C)NC5=O)n2)CC1. The Kier molecular flexibility index (Phi) is 5.45. The van der Waals surface area contributed by atoms with Crippen molar-refractivity contribution in [1.82, 2.24) is 10.3 Å². The molecule has 0 saturated carbocycles. The predicted molar refractivity (Wildman–Crippen MR) is 125 cm³/mol. The number of nitrogens with one attached hydrogen (secondary N) is 2. The van der Waals surface area contributed by atoms with Gasteiger partial charge in [0.1, 0.15) is 10.7 Å². The highest BCUT2D eigenvalue weighted by molar-refractivity contribution is 7.21. The second kappa shape index (κ2) is 8.26. The van der Waals surface area contributed by atoms with Crippen molar-refractivity contribution in [3.63, 3.8) is 0 Å². The maximum absolute atomic E-state index is 12.6. The van der Waals surface area contributed by atoms with Crippen molar-refractivity contribution in [3.05, 3.63) is 29.1 Å². The number of hydrogen-bond acceptors (Lipinski definition) is 7. The number of nitrogens with zero attached hydrogens (tertiary/aromatic N) is 2. The van der Waals surface area contributed by atoms with Crippen molar-refractivity contribution in [2.24, 2.45) is 5.92 Å². The first-order valence-corrected chi connectivity index (χ1v) is 11.6. The average molecular weight is 441 g/mol.